The second-order valence-electron chi connectivity index (χ2n) is 4.60. The van der Waals surface area contributed by atoms with Crippen LogP contribution >= 0.6 is 11.6 Å². The van der Waals surface area contributed by atoms with Crippen LogP contribution in [0.4, 0.5) is 11.6 Å². The van der Waals surface area contributed by atoms with E-state index in [1.165, 1.54) is 0 Å². The minimum atomic E-state index is 0.0811. The molecule has 1 unspecified atom stereocenters. The largest absolute Gasteiger partial charge is 0.370 e. The summed E-state index contributed by atoms with van der Waals surface area (Å²) in [6.07, 6.45) is 2.61. The Balaban J connectivity index is 2.08. The molecule has 2 N–H and O–H groups in total. The standard InChI is InChI=1S/C15H19ClN4/c1-3-8-17-14-9-15(19-10-18-14)20-11(2)12-6-4-5-7-13(12)16/h4-7,9-11H,3,8H2,1-2H3,(H2,17,18,19,20). The van der Waals surface area contributed by atoms with Gasteiger partial charge in [0.2, 0.25) is 0 Å². The first-order chi connectivity index (χ1) is 9.70. The van der Waals surface area contributed by atoms with Gasteiger partial charge in [-0.25, -0.2) is 9.97 Å². The molecule has 2 aromatic rings. The number of anilines is 2. The molecular formula is C15H19ClN4. The quantitative estimate of drug-likeness (QED) is 0.840. The number of hydrogen-bond acceptors (Lipinski definition) is 4. The zero-order chi connectivity index (χ0) is 14.4. The molecule has 106 valence electrons. The molecule has 0 spiro atoms. The number of nitrogens with zero attached hydrogens (tertiary/aromatic N) is 2. The van der Waals surface area contributed by atoms with Crippen LogP contribution in [0.2, 0.25) is 5.02 Å². The van der Waals surface area contributed by atoms with Gasteiger partial charge in [0.05, 0.1) is 6.04 Å². The highest BCUT2D eigenvalue weighted by Gasteiger charge is 2.09. The van der Waals surface area contributed by atoms with Crippen molar-refractivity contribution in [2.75, 3.05) is 17.2 Å². The lowest BCUT2D eigenvalue weighted by molar-refractivity contribution is 0.871. The summed E-state index contributed by atoms with van der Waals surface area (Å²) in [5.74, 6) is 1.61. The Bertz CT molecular complexity index is 559. The van der Waals surface area contributed by atoms with Gasteiger partial charge in [0.15, 0.2) is 0 Å². The molecule has 2 rings (SSSR count). The second kappa shape index (κ2) is 7.10. The molecule has 1 atom stereocenters. The Morgan fingerprint density at radius 2 is 1.95 bits per heavy atom. The summed E-state index contributed by atoms with van der Waals surface area (Å²) in [5, 5.41) is 7.34. The highest BCUT2D eigenvalue weighted by molar-refractivity contribution is 6.31. The van der Waals surface area contributed by atoms with Crippen molar-refractivity contribution < 1.29 is 0 Å². The Labute approximate surface area is 124 Å². The maximum atomic E-state index is 6.20. The van der Waals surface area contributed by atoms with E-state index in [2.05, 4.69) is 34.4 Å². The van der Waals surface area contributed by atoms with Crippen molar-refractivity contribution in [1.82, 2.24) is 9.97 Å². The lowest BCUT2D eigenvalue weighted by atomic mass is 10.1. The zero-order valence-electron chi connectivity index (χ0n) is 11.7. The molecule has 0 bridgehead atoms. The van der Waals surface area contributed by atoms with Crippen LogP contribution in [0.5, 0.6) is 0 Å². The predicted octanol–water partition coefficient (Wildman–Crippen LogP) is 4.13. The van der Waals surface area contributed by atoms with Gasteiger partial charge in [-0.2, -0.15) is 0 Å². The van der Waals surface area contributed by atoms with Crippen LogP contribution in [-0.4, -0.2) is 16.5 Å². The molecule has 0 fully saturated rings. The minimum Gasteiger partial charge on any atom is -0.370 e. The van der Waals surface area contributed by atoms with E-state index in [0.717, 1.165) is 35.2 Å². The fourth-order valence-electron chi connectivity index (χ4n) is 1.91. The molecule has 0 aliphatic rings. The van der Waals surface area contributed by atoms with Gasteiger partial charge in [-0.05, 0) is 25.0 Å². The molecule has 1 heterocycles. The topological polar surface area (TPSA) is 49.8 Å². The monoisotopic (exact) mass is 290 g/mol. The third-order valence-corrected chi connectivity index (χ3v) is 3.30. The molecule has 0 aliphatic heterocycles. The first-order valence-electron chi connectivity index (χ1n) is 6.77. The lowest BCUT2D eigenvalue weighted by Gasteiger charge is -2.16. The predicted molar refractivity (Wildman–Crippen MR) is 84.3 cm³/mol. The zero-order valence-corrected chi connectivity index (χ0v) is 12.5. The number of aromatic nitrogens is 2. The maximum absolute atomic E-state index is 6.20. The molecule has 1 aromatic carbocycles. The Morgan fingerprint density at radius 1 is 1.20 bits per heavy atom. The molecule has 4 nitrogen and oxygen atoms in total. The van der Waals surface area contributed by atoms with Crippen LogP contribution in [0.25, 0.3) is 0 Å². The van der Waals surface area contributed by atoms with E-state index in [-0.39, 0.29) is 6.04 Å². The Kier molecular flexibility index (Phi) is 5.18. The fraction of sp³-hybridized carbons (Fsp3) is 0.333. The third-order valence-electron chi connectivity index (χ3n) is 2.96. The summed E-state index contributed by atoms with van der Waals surface area (Å²) in [7, 11) is 0. The number of hydrogen-bond donors (Lipinski definition) is 2. The van der Waals surface area contributed by atoms with Crippen molar-refractivity contribution in [2.45, 2.75) is 26.3 Å². The van der Waals surface area contributed by atoms with Crippen molar-refractivity contribution >= 4 is 23.2 Å². The molecule has 5 heteroatoms. The van der Waals surface area contributed by atoms with E-state index in [9.17, 15) is 0 Å². The van der Waals surface area contributed by atoms with Gasteiger partial charge in [-0.3, -0.25) is 0 Å². The van der Waals surface area contributed by atoms with Crippen LogP contribution in [0.1, 0.15) is 31.9 Å². The van der Waals surface area contributed by atoms with Gasteiger partial charge in [-0.15, -0.1) is 0 Å². The van der Waals surface area contributed by atoms with Crippen molar-refractivity contribution in [2.24, 2.45) is 0 Å². The molecule has 20 heavy (non-hydrogen) atoms. The summed E-state index contributed by atoms with van der Waals surface area (Å²) in [6, 6.07) is 9.80. The molecule has 0 radical (unpaired) electrons. The smallest absolute Gasteiger partial charge is 0.131 e. The van der Waals surface area contributed by atoms with Crippen molar-refractivity contribution in [3.63, 3.8) is 0 Å². The SMILES string of the molecule is CCCNc1cc(NC(C)c2ccccc2Cl)ncn1. The van der Waals surface area contributed by atoms with E-state index in [4.69, 9.17) is 11.6 Å². The average molecular weight is 291 g/mol. The molecule has 0 saturated heterocycles. The van der Waals surface area contributed by atoms with E-state index in [1.807, 2.05) is 30.3 Å². The fourth-order valence-corrected chi connectivity index (χ4v) is 2.21. The summed E-state index contributed by atoms with van der Waals surface area (Å²) < 4.78 is 0. The van der Waals surface area contributed by atoms with E-state index in [0.29, 0.717) is 0 Å². The van der Waals surface area contributed by atoms with Crippen LogP contribution in [0, 0.1) is 0 Å². The Morgan fingerprint density at radius 3 is 2.70 bits per heavy atom. The second-order valence-corrected chi connectivity index (χ2v) is 5.01. The summed E-state index contributed by atoms with van der Waals surface area (Å²) in [6.45, 7) is 5.08. The highest BCUT2D eigenvalue weighted by Crippen LogP contribution is 2.25. The molecule has 0 amide bonds. The number of rotatable bonds is 6. The lowest BCUT2D eigenvalue weighted by Crippen LogP contribution is -2.10. The van der Waals surface area contributed by atoms with Crippen LogP contribution < -0.4 is 10.6 Å². The van der Waals surface area contributed by atoms with Crippen molar-refractivity contribution in [3.8, 4) is 0 Å². The maximum Gasteiger partial charge on any atom is 0.131 e. The first kappa shape index (κ1) is 14.6. The van der Waals surface area contributed by atoms with E-state index in [1.54, 1.807) is 6.33 Å². The van der Waals surface area contributed by atoms with Crippen LogP contribution in [-0.2, 0) is 0 Å². The van der Waals surface area contributed by atoms with Gasteiger partial charge < -0.3 is 10.6 Å². The normalized spacial score (nSPS) is 11.9. The first-order valence-corrected chi connectivity index (χ1v) is 7.15. The molecular weight excluding hydrogens is 272 g/mol. The molecule has 0 saturated carbocycles. The van der Waals surface area contributed by atoms with Crippen molar-refractivity contribution in [1.29, 1.82) is 0 Å². The highest BCUT2D eigenvalue weighted by atomic mass is 35.5. The van der Waals surface area contributed by atoms with Gasteiger partial charge in [-0.1, -0.05) is 36.7 Å². The van der Waals surface area contributed by atoms with Crippen molar-refractivity contribution in [3.05, 3.63) is 47.2 Å². The summed E-state index contributed by atoms with van der Waals surface area (Å²) in [5.41, 5.74) is 1.05. The number of benzene rings is 1. The average Bonchev–Trinajstić information content (AvgIpc) is 2.46. The van der Waals surface area contributed by atoms with Gasteiger partial charge in [0.25, 0.3) is 0 Å². The Hall–Kier alpha value is -1.81. The molecule has 0 aliphatic carbocycles. The van der Waals surface area contributed by atoms with E-state index < -0.39 is 0 Å². The van der Waals surface area contributed by atoms with Crippen LogP contribution in [0.15, 0.2) is 36.7 Å². The number of nitrogens with one attached hydrogen (secondary N) is 2. The number of halogens is 1. The minimum absolute atomic E-state index is 0.0811. The van der Waals surface area contributed by atoms with Gasteiger partial charge in [0.1, 0.15) is 18.0 Å². The van der Waals surface area contributed by atoms with Crippen LogP contribution in [0.3, 0.4) is 0 Å². The molecule has 1 aromatic heterocycles. The van der Waals surface area contributed by atoms with Gasteiger partial charge >= 0.3 is 0 Å². The third kappa shape index (κ3) is 3.84. The summed E-state index contributed by atoms with van der Waals surface area (Å²) >= 11 is 6.20. The van der Waals surface area contributed by atoms with E-state index >= 15 is 0 Å². The summed E-state index contributed by atoms with van der Waals surface area (Å²) in [4.78, 5) is 8.42. The van der Waals surface area contributed by atoms with Gasteiger partial charge in [0, 0.05) is 17.6 Å².